The summed E-state index contributed by atoms with van der Waals surface area (Å²) in [6, 6.07) is 14.8. The number of rotatable bonds is 10. The molecule has 0 aromatic heterocycles. The van der Waals surface area contributed by atoms with Gasteiger partial charge in [0.25, 0.3) is 5.91 Å². The molecule has 3 N–H and O–H groups in total. The molecule has 3 rings (SSSR count). The highest BCUT2D eigenvalue weighted by Gasteiger charge is 2.30. The molecule has 8 nitrogen and oxygen atoms in total. The summed E-state index contributed by atoms with van der Waals surface area (Å²) >= 11 is 0. The van der Waals surface area contributed by atoms with Crippen molar-refractivity contribution in [1.82, 2.24) is 10.8 Å². The second-order valence-corrected chi connectivity index (χ2v) is 7.67. The zero-order chi connectivity index (χ0) is 23.1. The molecule has 8 heteroatoms. The molecular weight excluding hydrogens is 412 g/mol. The Kier molecular flexibility index (Phi) is 7.62. The zero-order valence-electron chi connectivity index (χ0n) is 17.8. The van der Waals surface area contributed by atoms with Crippen molar-refractivity contribution in [3.05, 3.63) is 71.8 Å². The van der Waals surface area contributed by atoms with Crippen molar-refractivity contribution in [2.45, 2.75) is 31.7 Å². The van der Waals surface area contributed by atoms with Gasteiger partial charge in [0, 0.05) is 12.3 Å². The smallest absolute Gasteiger partial charge is 0.407 e. The fraction of sp³-hybridized carbons (Fsp3) is 0.292. The average Bonchev–Trinajstić information content (AvgIpc) is 3.08. The van der Waals surface area contributed by atoms with Crippen LogP contribution in [0, 0.1) is 0 Å². The largest absolute Gasteiger partial charge is 0.481 e. The summed E-state index contributed by atoms with van der Waals surface area (Å²) in [6.07, 6.45) is -1.22. The Labute approximate surface area is 186 Å². The van der Waals surface area contributed by atoms with Crippen LogP contribution in [0.3, 0.4) is 0 Å². The molecule has 168 valence electrons. The minimum absolute atomic E-state index is 0.0826. The van der Waals surface area contributed by atoms with Crippen molar-refractivity contribution in [3.63, 3.8) is 0 Å². The van der Waals surface area contributed by atoms with Gasteiger partial charge in [-0.1, -0.05) is 60.7 Å². The van der Waals surface area contributed by atoms with Gasteiger partial charge in [-0.25, -0.2) is 10.3 Å². The van der Waals surface area contributed by atoms with Gasteiger partial charge >= 0.3 is 12.1 Å². The number of aliphatic carboxylic acids is 1. The lowest BCUT2D eigenvalue weighted by Gasteiger charge is -2.19. The van der Waals surface area contributed by atoms with Crippen LogP contribution in [0.25, 0.3) is 11.1 Å². The summed E-state index contributed by atoms with van der Waals surface area (Å²) < 4.78 is 5.44. The van der Waals surface area contributed by atoms with Crippen LogP contribution < -0.4 is 10.8 Å². The number of benzene rings is 2. The van der Waals surface area contributed by atoms with Gasteiger partial charge in [-0.15, -0.1) is 0 Å². The highest BCUT2D eigenvalue weighted by Crippen LogP contribution is 2.44. The lowest BCUT2D eigenvalue weighted by atomic mass is 9.98. The third-order valence-electron chi connectivity index (χ3n) is 5.09. The van der Waals surface area contributed by atoms with E-state index in [1.165, 1.54) is 0 Å². The van der Waals surface area contributed by atoms with E-state index in [9.17, 15) is 14.4 Å². The first-order valence-electron chi connectivity index (χ1n) is 10.3. The van der Waals surface area contributed by atoms with Crippen LogP contribution in [0.1, 0.15) is 36.8 Å². The van der Waals surface area contributed by atoms with E-state index < -0.39 is 24.0 Å². The van der Waals surface area contributed by atoms with Crippen LogP contribution >= 0.6 is 0 Å². The number of carboxylic acid groups (broad SMARTS) is 1. The summed E-state index contributed by atoms with van der Waals surface area (Å²) in [6.45, 7) is 5.56. The Bertz CT molecular complexity index is 974. The fourth-order valence-electron chi connectivity index (χ4n) is 3.62. The van der Waals surface area contributed by atoms with E-state index in [4.69, 9.17) is 14.7 Å². The number of carbonyl (C=O) groups is 3. The van der Waals surface area contributed by atoms with E-state index in [1.807, 2.05) is 48.5 Å². The predicted octanol–water partition coefficient (Wildman–Crippen LogP) is 3.38. The monoisotopic (exact) mass is 438 g/mol. The van der Waals surface area contributed by atoms with E-state index in [1.54, 1.807) is 6.92 Å². The van der Waals surface area contributed by atoms with Gasteiger partial charge in [-0.2, -0.15) is 0 Å². The highest BCUT2D eigenvalue weighted by atomic mass is 16.7. The summed E-state index contributed by atoms with van der Waals surface area (Å²) in [5.41, 5.74) is 7.23. The first-order chi connectivity index (χ1) is 15.4. The molecule has 2 amide bonds. The van der Waals surface area contributed by atoms with Crippen LogP contribution in [0.5, 0.6) is 0 Å². The van der Waals surface area contributed by atoms with Crippen LogP contribution in [0.4, 0.5) is 4.79 Å². The Balaban J connectivity index is 1.63. The maximum absolute atomic E-state index is 12.4. The fourth-order valence-corrected chi connectivity index (χ4v) is 3.62. The standard InChI is InChI=1S/C24H26N2O6/c1-15(2)13-32-26-23(29)21(11-12-22(27)28)25-24(30)31-14-20-18-9-5-3-7-16(18)17-8-4-6-10-19(17)20/h3-10,20-21H,1,11-14H2,2H3,(H,25,30)(H,26,29)(H,27,28). The molecule has 1 unspecified atom stereocenters. The van der Waals surface area contributed by atoms with Crippen molar-refractivity contribution in [3.8, 4) is 11.1 Å². The number of amides is 2. The highest BCUT2D eigenvalue weighted by molar-refractivity contribution is 5.85. The second-order valence-electron chi connectivity index (χ2n) is 7.67. The van der Waals surface area contributed by atoms with Crippen LogP contribution in [0.2, 0.25) is 0 Å². The van der Waals surface area contributed by atoms with Crippen molar-refractivity contribution < 1.29 is 29.1 Å². The normalized spacial score (nSPS) is 12.9. The van der Waals surface area contributed by atoms with Crippen molar-refractivity contribution in [2.24, 2.45) is 0 Å². The lowest BCUT2D eigenvalue weighted by Crippen LogP contribution is -2.47. The SMILES string of the molecule is C=C(C)CONC(=O)C(CCC(=O)O)NC(=O)OCC1c2ccccc2-c2ccccc21. The van der Waals surface area contributed by atoms with Crippen LogP contribution in [0.15, 0.2) is 60.7 Å². The van der Waals surface area contributed by atoms with Gasteiger partial charge in [-0.05, 0) is 35.6 Å². The summed E-state index contributed by atoms with van der Waals surface area (Å²) in [4.78, 5) is 40.7. The lowest BCUT2D eigenvalue weighted by molar-refractivity contribution is -0.138. The Morgan fingerprint density at radius 1 is 1.06 bits per heavy atom. The maximum Gasteiger partial charge on any atom is 0.407 e. The zero-order valence-corrected chi connectivity index (χ0v) is 17.8. The number of hydrogen-bond acceptors (Lipinski definition) is 5. The molecule has 2 aromatic rings. The Morgan fingerprint density at radius 3 is 2.22 bits per heavy atom. The third kappa shape index (κ3) is 5.73. The molecule has 1 aliphatic carbocycles. The summed E-state index contributed by atoms with van der Waals surface area (Å²) in [5, 5.41) is 11.4. The molecule has 2 aromatic carbocycles. The average molecular weight is 438 g/mol. The minimum Gasteiger partial charge on any atom is -0.481 e. The van der Waals surface area contributed by atoms with E-state index in [-0.39, 0.29) is 32.0 Å². The number of ether oxygens (including phenoxy) is 1. The van der Waals surface area contributed by atoms with Crippen molar-refractivity contribution in [1.29, 1.82) is 0 Å². The van der Waals surface area contributed by atoms with E-state index >= 15 is 0 Å². The first kappa shape index (κ1) is 23.0. The molecule has 32 heavy (non-hydrogen) atoms. The molecule has 0 spiro atoms. The van der Waals surface area contributed by atoms with Gasteiger partial charge in [0.1, 0.15) is 12.6 Å². The molecule has 0 saturated heterocycles. The first-order valence-corrected chi connectivity index (χ1v) is 10.3. The maximum atomic E-state index is 12.4. The number of hydrogen-bond donors (Lipinski definition) is 3. The molecule has 0 saturated carbocycles. The molecule has 1 atom stereocenters. The van der Waals surface area contributed by atoms with Crippen LogP contribution in [-0.4, -0.2) is 42.3 Å². The van der Waals surface area contributed by atoms with Gasteiger partial charge in [0.2, 0.25) is 0 Å². The topological polar surface area (TPSA) is 114 Å². The molecule has 0 radical (unpaired) electrons. The quantitative estimate of drug-likeness (QED) is 0.387. The van der Waals surface area contributed by atoms with Gasteiger partial charge in [-0.3, -0.25) is 14.4 Å². The number of fused-ring (bicyclic) bond motifs is 3. The van der Waals surface area contributed by atoms with Gasteiger partial charge < -0.3 is 15.2 Å². The van der Waals surface area contributed by atoms with Gasteiger partial charge in [0.15, 0.2) is 0 Å². The number of nitrogens with one attached hydrogen (secondary N) is 2. The van der Waals surface area contributed by atoms with Gasteiger partial charge in [0.05, 0.1) is 6.61 Å². The predicted molar refractivity (Wildman–Crippen MR) is 118 cm³/mol. The second kappa shape index (κ2) is 10.6. The van der Waals surface area contributed by atoms with Crippen molar-refractivity contribution in [2.75, 3.05) is 13.2 Å². The molecular formula is C24H26N2O6. The van der Waals surface area contributed by atoms with Crippen molar-refractivity contribution >= 4 is 18.0 Å². The third-order valence-corrected chi connectivity index (χ3v) is 5.09. The number of alkyl carbamates (subject to hydrolysis) is 1. The summed E-state index contributed by atoms with van der Waals surface area (Å²) in [7, 11) is 0. The molecule has 0 heterocycles. The summed E-state index contributed by atoms with van der Waals surface area (Å²) in [5.74, 6) is -1.88. The number of hydroxylamine groups is 1. The van der Waals surface area contributed by atoms with E-state index in [0.29, 0.717) is 5.57 Å². The van der Waals surface area contributed by atoms with E-state index in [0.717, 1.165) is 22.3 Å². The molecule has 0 bridgehead atoms. The molecule has 0 aliphatic heterocycles. The Hall–Kier alpha value is -3.65. The molecule has 1 aliphatic rings. The van der Waals surface area contributed by atoms with E-state index in [2.05, 4.69) is 17.4 Å². The Morgan fingerprint density at radius 2 is 1.66 bits per heavy atom. The van der Waals surface area contributed by atoms with Crippen LogP contribution in [-0.2, 0) is 19.2 Å². The number of carboxylic acids is 1. The number of carbonyl (C=O) groups excluding carboxylic acids is 2. The molecule has 0 fully saturated rings. The minimum atomic E-state index is -1.12.